The van der Waals surface area contributed by atoms with Crippen LogP contribution in [-0.2, 0) is 11.2 Å². The van der Waals surface area contributed by atoms with E-state index >= 15 is 0 Å². The Labute approximate surface area is 116 Å². The SMILES string of the molecule is CCOC(C)(CC)C(NC)c1ccc2c(c1)CCO2. The topological polar surface area (TPSA) is 30.5 Å². The predicted octanol–water partition coefficient (Wildman–Crippen LogP) is 3.09. The molecule has 1 aromatic rings. The van der Waals surface area contributed by atoms with Gasteiger partial charge in [0.05, 0.1) is 18.2 Å². The van der Waals surface area contributed by atoms with Gasteiger partial charge in [-0.1, -0.05) is 19.1 Å². The van der Waals surface area contributed by atoms with Crippen LogP contribution in [0, 0.1) is 0 Å². The summed E-state index contributed by atoms with van der Waals surface area (Å²) in [5.41, 5.74) is 2.41. The maximum Gasteiger partial charge on any atom is 0.122 e. The van der Waals surface area contributed by atoms with Gasteiger partial charge in [-0.15, -0.1) is 0 Å². The molecule has 0 radical (unpaired) electrons. The molecule has 2 unspecified atom stereocenters. The van der Waals surface area contributed by atoms with Crippen LogP contribution >= 0.6 is 0 Å². The first-order valence-corrected chi connectivity index (χ1v) is 7.21. The van der Waals surface area contributed by atoms with Gasteiger partial charge in [-0.3, -0.25) is 0 Å². The third-order valence-corrected chi connectivity index (χ3v) is 4.12. The van der Waals surface area contributed by atoms with Gasteiger partial charge in [0, 0.05) is 13.0 Å². The fourth-order valence-corrected chi connectivity index (χ4v) is 2.93. The van der Waals surface area contributed by atoms with Crippen LogP contribution in [0.25, 0.3) is 0 Å². The smallest absolute Gasteiger partial charge is 0.122 e. The molecule has 1 aliphatic rings. The summed E-state index contributed by atoms with van der Waals surface area (Å²) in [6.07, 6.45) is 1.98. The molecular formula is C16H25NO2. The van der Waals surface area contributed by atoms with E-state index in [0.717, 1.165) is 31.8 Å². The van der Waals surface area contributed by atoms with E-state index in [1.807, 2.05) is 7.05 Å². The maximum absolute atomic E-state index is 6.01. The summed E-state index contributed by atoms with van der Waals surface area (Å²) < 4.78 is 11.6. The number of nitrogens with one attached hydrogen (secondary N) is 1. The summed E-state index contributed by atoms with van der Waals surface area (Å²) in [5, 5.41) is 3.42. The van der Waals surface area contributed by atoms with Gasteiger partial charge >= 0.3 is 0 Å². The van der Waals surface area contributed by atoms with Crippen molar-refractivity contribution in [2.24, 2.45) is 0 Å². The number of ether oxygens (including phenoxy) is 2. The van der Waals surface area contributed by atoms with Gasteiger partial charge in [-0.05, 0) is 44.5 Å². The van der Waals surface area contributed by atoms with Gasteiger partial charge in [0.15, 0.2) is 0 Å². The number of benzene rings is 1. The summed E-state index contributed by atoms with van der Waals surface area (Å²) in [7, 11) is 2.00. The lowest BCUT2D eigenvalue weighted by molar-refractivity contribution is -0.0547. The van der Waals surface area contributed by atoms with E-state index in [-0.39, 0.29) is 11.6 Å². The first kappa shape index (κ1) is 14.4. The Bertz CT molecular complexity index is 433. The first-order valence-electron chi connectivity index (χ1n) is 7.21. The zero-order valence-corrected chi connectivity index (χ0v) is 12.5. The van der Waals surface area contributed by atoms with Crippen LogP contribution in [0.2, 0.25) is 0 Å². The average Bonchev–Trinajstić information content (AvgIpc) is 2.87. The van der Waals surface area contributed by atoms with Crippen molar-refractivity contribution in [3.63, 3.8) is 0 Å². The second kappa shape index (κ2) is 5.93. The molecule has 2 rings (SSSR count). The summed E-state index contributed by atoms with van der Waals surface area (Å²) in [6.45, 7) is 7.95. The van der Waals surface area contributed by atoms with Crippen LogP contribution in [0.1, 0.15) is 44.4 Å². The zero-order chi connectivity index (χ0) is 13.9. The van der Waals surface area contributed by atoms with Crippen molar-refractivity contribution in [3.05, 3.63) is 29.3 Å². The van der Waals surface area contributed by atoms with Gasteiger partial charge in [0.25, 0.3) is 0 Å². The second-order valence-corrected chi connectivity index (χ2v) is 5.29. The van der Waals surface area contributed by atoms with Crippen LogP contribution in [0.4, 0.5) is 0 Å². The highest BCUT2D eigenvalue weighted by Gasteiger charge is 2.34. The Morgan fingerprint density at radius 2 is 2.21 bits per heavy atom. The van der Waals surface area contributed by atoms with Gasteiger partial charge in [0.2, 0.25) is 0 Å². The average molecular weight is 263 g/mol. The molecule has 0 fully saturated rings. The minimum atomic E-state index is -0.183. The van der Waals surface area contributed by atoms with E-state index in [1.165, 1.54) is 11.1 Å². The molecule has 0 amide bonds. The van der Waals surface area contributed by atoms with Crippen molar-refractivity contribution < 1.29 is 9.47 Å². The lowest BCUT2D eigenvalue weighted by atomic mass is 9.87. The Hall–Kier alpha value is -1.06. The second-order valence-electron chi connectivity index (χ2n) is 5.29. The molecule has 1 aromatic carbocycles. The highest BCUT2D eigenvalue weighted by molar-refractivity contribution is 5.41. The molecule has 1 aliphatic heterocycles. The van der Waals surface area contributed by atoms with E-state index in [4.69, 9.17) is 9.47 Å². The minimum Gasteiger partial charge on any atom is -0.493 e. The van der Waals surface area contributed by atoms with Crippen molar-refractivity contribution in [3.8, 4) is 5.75 Å². The monoisotopic (exact) mass is 263 g/mol. The number of hydrogen-bond acceptors (Lipinski definition) is 3. The molecule has 19 heavy (non-hydrogen) atoms. The molecule has 0 saturated carbocycles. The molecule has 1 heterocycles. The van der Waals surface area contributed by atoms with E-state index in [2.05, 4.69) is 44.3 Å². The standard InChI is InChI=1S/C16H25NO2/c1-5-16(3,19-6-2)15(17-4)13-7-8-14-12(11-13)9-10-18-14/h7-8,11,15,17H,5-6,9-10H2,1-4H3. The minimum absolute atomic E-state index is 0.183. The molecule has 0 spiro atoms. The van der Waals surface area contributed by atoms with Crippen LogP contribution < -0.4 is 10.1 Å². The number of likely N-dealkylation sites (N-methyl/N-ethyl adjacent to an activating group) is 1. The number of fused-ring (bicyclic) bond motifs is 1. The highest BCUT2D eigenvalue weighted by Crippen LogP contribution is 2.35. The van der Waals surface area contributed by atoms with E-state index < -0.39 is 0 Å². The van der Waals surface area contributed by atoms with E-state index in [0.29, 0.717) is 0 Å². The molecular weight excluding hydrogens is 238 g/mol. The fraction of sp³-hybridized carbons (Fsp3) is 0.625. The quantitative estimate of drug-likeness (QED) is 0.855. The predicted molar refractivity (Wildman–Crippen MR) is 77.8 cm³/mol. The molecule has 0 aromatic heterocycles. The third kappa shape index (κ3) is 2.77. The Balaban J connectivity index is 2.30. The largest absolute Gasteiger partial charge is 0.493 e. The van der Waals surface area contributed by atoms with Gasteiger partial charge in [-0.25, -0.2) is 0 Å². The van der Waals surface area contributed by atoms with Gasteiger partial charge in [-0.2, -0.15) is 0 Å². The molecule has 3 heteroatoms. The summed E-state index contributed by atoms with van der Waals surface area (Å²) in [4.78, 5) is 0. The molecule has 0 bridgehead atoms. The maximum atomic E-state index is 6.01. The van der Waals surface area contributed by atoms with Crippen LogP contribution in [0.5, 0.6) is 5.75 Å². The first-order chi connectivity index (χ1) is 9.14. The molecule has 3 nitrogen and oxygen atoms in total. The molecule has 0 aliphatic carbocycles. The summed E-state index contributed by atoms with van der Waals surface area (Å²) >= 11 is 0. The van der Waals surface area contributed by atoms with Crippen molar-refractivity contribution in [2.75, 3.05) is 20.3 Å². The Kier molecular flexibility index (Phi) is 4.48. The lowest BCUT2D eigenvalue weighted by Gasteiger charge is -2.37. The lowest BCUT2D eigenvalue weighted by Crippen LogP contribution is -2.42. The zero-order valence-electron chi connectivity index (χ0n) is 12.5. The highest BCUT2D eigenvalue weighted by atomic mass is 16.5. The van der Waals surface area contributed by atoms with Crippen LogP contribution in [0.3, 0.4) is 0 Å². The van der Waals surface area contributed by atoms with E-state index in [9.17, 15) is 0 Å². The van der Waals surface area contributed by atoms with Crippen molar-refractivity contribution in [1.82, 2.24) is 5.32 Å². The molecule has 1 N–H and O–H groups in total. The van der Waals surface area contributed by atoms with Crippen LogP contribution in [-0.4, -0.2) is 25.9 Å². The molecule has 2 atom stereocenters. The Morgan fingerprint density at radius 3 is 2.84 bits per heavy atom. The fourth-order valence-electron chi connectivity index (χ4n) is 2.93. The van der Waals surface area contributed by atoms with Crippen molar-refractivity contribution in [1.29, 1.82) is 0 Å². The molecule has 106 valence electrons. The third-order valence-electron chi connectivity index (χ3n) is 4.12. The van der Waals surface area contributed by atoms with Gasteiger partial charge in [0.1, 0.15) is 5.75 Å². The summed E-state index contributed by atoms with van der Waals surface area (Å²) in [5.74, 6) is 1.04. The number of rotatable bonds is 6. The van der Waals surface area contributed by atoms with Crippen molar-refractivity contribution >= 4 is 0 Å². The van der Waals surface area contributed by atoms with Crippen LogP contribution in [0.15, 0.2) is 18.2 Å². The summed E-state index contributed by atoms with van der Waals surface area (Å²) in [6, 6.07) is 6.70. The van der Waals surface area contributed by atoms with E-state index in [1.54, 1.807) is 0 Å². The van der Waals surface area contributed by atoms with Crippen molar-refractivity contribution in [2.45, 2.75) is 45.3 Å². The molecule has 0 saturated heterocycles. The van der Waals surface area contributed by atoms with Gasteiger partial charge < -0.3 is 14.8 Å². The normalized spacial score (nSPS) is 18.5. The number of hydrogen-bond donors (Lipinski definition) is 1. The Morgan fingerprint density at radius 1 is 1.42 bits per heavy atom.